The number of pyridine rings is 1. The maximum atomic E-state index is 12.6. The van der Waals surface area contributed by atoms with Crippen LogP contribution in [0.2, 0.25) is 0 Å². The highest BCUT2D eigenvalue weighted by molar-refractivity contribution is 6.04. The number of hydrogen-bond acceptors (Lipinski definition) is 5. The summed E-state index contributed by atoms with van der Waals surface area (Å²) in [6.45, 7) is 2.73. The van der Waals surface area contributed by atoms with Crippen LogP contribution in [0, 0.1) is 0 Å². The highest BCUT2D eigenvalue weighted by Crippen LogP contribution is 2.22. The van der Waals surface area contributed by atoms with Crippen molar-refractivity contribution in [2.75, 3.05) is 28.6 Å². The molecule has 28 heavy (non-hydrogen) atoms. The molecule has 1 saturated heterocycles. The number of benzene rings is 1. The van der Waals surface area contributed by atoms with Crippen molar-refractivity contribution in [3.63, 3.8) is 0 Å². The van der Waals surface area contributed by atoms with Crippen molar-refractivity contribution in [3.05, 3.63) is 72.3 Å². The molecule has 3 heterocycles. The van der Waals surface area contributed by atoms with E-state index in [1.54, 1.807) is 24.6 Å². The molecule has 1 fully saturated rings. The molecule has 0 saturated carbocycles. The highest BCUT2D eigenvalue weighted by atomic mass is 16.3. The summed E-state index contributed by atoms with van der Waals surface area (Å²) in [5.41, 5.74) is 2.55. The average Bonchev–Trinajstić information content (AvgIpc) is 3.27. The zero-order valence-corrected chi connectivity index (χ0v) is 15.7. The van der Waals surface area contributed by atoms with Gasteiger partial charge in [-0.1, -0.05) is 0 Å². The molecule has 6 nitrogen and oxygen atoms in total. The number of nitrogens with zero attached hydrogens (tertiary/aromatic N) is 2. The van der Waals surface area contributed by atoms with Crippen molar-refractivity contribution < 1.29 is 9.21 Å². The van der Waals surface area contributed by atoms with Crippen LogP contribution in [0.5, 0.6) is 0 Å². The van der Waals surface area contributed by atoms with Crippen molar-refractivity contribution in [2.45, 2.75) is 25.8 Å². The Bertz CT molecular complexity index is 901. The molecule has 0 aliphatic carbocycles. The summed E-state index contributed by atoms with van der Waals surface area (Å²) >= 11 is 0. The van der Waals surface area contributed by atoms with Crippen molar-refractivity contribution >= 4 is 23.1 Å². The molecule has 2 N–H and O–H groups in total. The van der Waals surface area contributed by atoms with Gasteiger partial charge in [0.1, 0.15) is 11.6 Å². The van der Waals surface area contributed by atoms with Gasteiger partial charge in [-0.2, -0.15) is 0 Å². The molecule has 1 amide bonds. The second kappa shape index (κ2) is 8.61. The number of carbonyl (C=O) groups excluding carboxylic acids is 1. The first-order chi connectivity index (χ1) is 13.8. The number of hydrogen-bond donors (Lipinski definition) is 2. The first-order valence-corrected chi connectivity index (χ1v) is 9.66. The number of furan rings is 1. The number of rotatable bonds is 6. The fourth-order valence-corrected chi connectivity index (χ4v) is 3.37. The zero-order valence-electron chi connectivity index (χ0n) is 15.7. The predicted molar refractivity (Wildman–Crippen MR) is 111 cm³/mol. The lowest BCUT2D eigenvalue weighted by molar-refractivity contribution is 0.102. The van der Waals surface area contributed by atoms with E-state index in [0.29, 0.717) is 17.9 Å². The van der Waals surface area contributed by atoms with Crippen LogP contribution in [0.3, 0.4) is 0 Å². The minimum Gasteiger partial charge on any atom is -0.467 e. The lowest BCUT2D eigenvalue weighted by atomic mass is 10.1. The van der Waals surface area contributed by atoms with E-state index in [1.165, 1.54) is 24.9 Å². The Morgan fingerprint density at radius 1 is 1.07 bits per heavy atom. The number of carbonyl (C=O) groups is 1. The van der Waals surface area contributed by atoms with Gasteiger partial charge >= 0.3 is 0 Å². The minimum absolute atomic E-state index is 0.158. The Hall–Kier alpha value is -3.28. The standard InChI is InChI=1S/C22H24N4O2/c27-22(17-10-11-23-21(15-17)24-16-20-5-4-14-28-20)25-18-6-8-19(9-7-18)26-12-2-1-3-13-26/h4-11,14-15H,1-3,12-13,16H2,(H,23,24)(H,25,27). The second-order valence-corrected chi connectivity index (χ2v) is 6.91. The summed E-state index contributed by atoms with van der Waals surface area (Å²) in [7, 11) is 0. The van der Waals surface area contributed by atoms with Crippen LogP contribution in [0.25, 0.3) is 0 Å². The Morgan fingerprint density at radius 2 is 1.89 bits per heavy atom. The van der Waals surface area contributed by atoms with E-state index in [9.17, 15) is 4.79 Å². The molecule has 3 aromatic rings. The van der Waals surface area contributed by atoms with E-state index in [1.807, 2.05) is 24.3 Å². The number of nitrogens with one attached hydrogen (secondary N) is 2. The Balaban J connectivity index is 1.37. The average molecular weight is 376 g/mol. The maximum Gasteiger partial charge on any atom is 0.255 e. The third-order valence-electron chi connectivity index (χ3n) is 4.89. The van der Waals surface area contributed by atoms with Crippen LogP contribution in [0.15, 0.2) is 65.4 Å². The smallest absolute Gasteiger partial charge is 0.255 e. The quantitative estimate of drug-likeness (QED) is 0.661. The van der Waals surface area contributed by atoms with Gasteiger partial charge in [-0.15, -0.1) is 0 Å². The summed E-state index contributed by atoms with van der Waals surface area (Å²) in [5, 5.41) is 6.11. The summed E-state index contributed by atoms with van der Waals surface area (Å²) in [6, 6.07) is 15.2. The van der Waals surface area contributed by atoms with E-state index in [2.05, 4.69) is 32.7 Å². The summed E-state index contributed by atoms with van der Waals surface area (Å²) in [5.74, 6) is 1.28. The highest BCUT2D eigenvalue weighted by Gasteiger charge is 2.12. The van der Waals surface area contributed by atoms with Crippen molar-refractivity contribution in [3.8, 4) is 0 Å². The molecule has 0 unspecified atom stereocenters. The van der Waals surface area contributed by atoms with Gasteiger partial charge in [0.25, 0.3) is 5.91 Å². The van der Waals surface area contributed by atoms with Crippen LogP contribution in [0.1, 0.15) is 35.4 Å². The lowest BCUT2D eigenvalue weighted by Gasteiger charge is -2.28. The van der Waals surface area contributed by atoms with Crippen LogP contribution in [-0.4, -0.2) is 24.0 Å². The molecule has 1 aliphatic heterocycles. The van der Waals surface area contributed by atoms with Gasteiger partial charge in [0.15, 0.2) is 0 Å². The topological polar surface area (TPSA) is 70.4 Å². The van der Waals surface area contributed by atoms with Crippen molar-refractivity contribution in [2.24, 2.45) is 0 Å². The summed E-state index contributed by atoms with van der Waals surface area (Å²) < 4.78 is 5.29. The van der Waals surface area contributed by atoms with Crippen molar-refractivity contribution in [1.82, 2.24) is 4.98 Å². The van der Waals surface area contributed by atoms with E-state index in [-0.39, 0.29) is 5.91 Å². The van der Waals surface area contributed by atoms with Gasteiger partial charge in [0, 0.05) is 36.2 Å². The van der Waals surface area contributed by atoms with Crippen LogP contribution >= 0.6 is 0 Å². The van der Waals surface area contributed by atoms with Crippen LogP contribution in [-0.2, 0) is 6.54 Å². The Morgan fingerprint density at radius 3 is 2.64 bits per heavy atom. The monoisotopic (exact) mass is 376 g/mol. The number of amides is 1. The van der Waals surface area contributed by atoms with E-state index in [0.717, 1.165) is 24.5 Å². The molecule has 0 atom stereocenters. The van der Waals surface area contributed by atoms with Gasteiger partial charge in [-0.25, -0.2) is 4.98 Å². The Labute approximate surface area is 164 Å². The van der Waals surface area contributed by atoms with E-state index >= 15 is 0 Å². The normalized spacial score (nSPS) is 13.9. The van der Waals surface area contributed by atoms with Crippen LogP contribution in [0.4, 0.5) is 17.2 Å². The SMILES string of the molecule is O=C(Nc1ccc(N2CCCCC2)cc1)c1ccnc(NCc2ccco2)c1. The molecule has 1 aliphatic rings. The second-order valence-electron chi connectivity index (χ2n) is 6.91. The molecule has 0 spiro atoms. The first kappa shape index (κ1) is 18.1. The van der Waals surface area contributed by atoms with Gasteiger partial charge in [-0.3, -0.25) is 4.79 Å². The van der Waals surface area contributed by atoms with Gasteiger partial charge in [-0.05, 0) is 67.8 Å². The lowest BCUT2D eigenvalue weighted by Crippen LogP contribution is -2.29. The van der Waals surface area contributed by atoms with Crippen LogP contribution < -0.4 is 15.5 Å². The summed E-state index contributed by atoms with van der Waals surface area (Å²) in [6.07, 6.45) is 7.06. The van der Waals surface area contributed by atoms with Gasteiger partial charge < -0.3 is 20.0 Å². The molecule has 0 radical (unpaired) electrons. The largest absolute Gasteiger partial charge is 0.467 e. The van der Waals surface area contributed by atoms with Crippen molar-refractivity contribution in [1.29, 1.82) is 0 Å². The molecule has 144 valence electrons. The predicted octanol–water partition coefficient (Wildman–Crippen LogP) is 4.53. The van der Waals surface area contributed by atoms with Gasteiger partial charge in [0.05, 0.1) is 12.8 Å². The molecule has 1 aromatic carbocycles. The third-order valence-corrected chi connectivity index (χ3v) is 4.89. The molecular weight excluding hydrogens is 352 g/mol. The minimum atomic E-state index is -0.158. The maximum absolute atomic E-state index is 12.6. The van der Waals surface area contributed by atoms with Gasteiger partial charge in [0.2, 0.25) is 0 Å². The zero-order chi connectivity index (χ0) is 19.2. The third kappa shape index (κ3) is 4.52. The molecule has 6 heteroatoms. The van der Waals surface area contributed by atoms with E-state index < -0.39 is 0 Å². The number of anilines is 3. The summed E-state index contributed by atoms with van der Waals surface area (Å²) in [4.78, 5) is 19.2. The first-order valence-electron chi connectivity index (χ1n) is 9.66. The molecule has 2 aromatic heterocycles. The molecular formula is C22H24N4O2. The van der Waals surface area contributed by atoms with E-state index in [4.69, 9.17) is 4.42 Å². The fraction of sp³-hybridized carbons (Fsp3) is 0.273. The molecule has 0 bridgehead atoms. The number of piperidine rings is 1. The Kier molecular flexibility index (Phi) is 5.56. The fourth-order valence-electron chi connectivity index (χ4n) is 3.37. The number of aromatic nitrogens is 1. The molecule has 4 rings (SSSR count).